The summed E-state index contributed by atoms with van der Waals surface area (Å²) in [6.07, 6.45) is 2.79. The van der Waals surface area contributed by atoms with E-state index in [1.54, 1.807) is 54.7 Å². The van der Waals surface area contributed by atoms with Crippen LogP contribution in [0.1, 0.15) is 15.9 Å². The van der Waals surface area contributed by atoms with Gasteiger partial charge in [0.25, 0.3) is 5.91 Å². The van der Waals surface area contributed by atoms with Gasteiger partial charge in [-0.1, -0.05) is 30.3 Å². The summed E-state index contributed by atoms with van der Waals surface area (Å²) in [4.78, 5) is 16.6. The topological polar surface area (TPSA) is 102 Å². The molecule has 2 aromatic carbocycles. The Hall–Kier alpha value is -3.19. The molecule has 0 radical (unpaired) electrons. The Morgan fingerprint density at radius 2 is 1.70 bits per heavy atom. The van der Waals surface area contributed by atoms with E-state index in [0.29, 0.717) is 16.9 Å². The number of anilines is 1. The molecule has 6 nitrogen and oxygen atoms in total. The van der Waals surface area contributed by atoms with Gasteiger partial charge in [-0.25, -0.2) is 13.4 Å². The van der Waals surface area contributed by atoms with E-state index in [-0.39, 0.29) is 17.3 Å². The van der Waals surface area contributed by atoms with Gasteiger partial charge >= 0.3 is 0 Å². The Balaban J connectivity index is 1.79. The van der Waals surface area contributed by atoms with Crippen LogP contribution in [-0.2, 0) is 16.4 Å². The van der Waals surface area contributed by atoms with Crippen molar-refractivity contribution in [3.05, 3.63) is 78.0 Å². The monoisotopic (exact) mass is 381 g/mol. The fourth-order valence-corrected chi connectivity index (χ4v) is 3.21. The van der Waals surface area contributed by atoms with Crippen molar-refractivity contribution in [2.75, 3.05) is 12.0 Å². The summed E-state index contributed by atoms with van der Waals surface area (Å²) in [5.74, 6) is 0.137. The Bertz CT molecular complexity index is 1060. The van der Waals surface area contributed by atoms with E-state index in [2.05, 4.69) is 10.3 Å². The molecule has 0 fully saturated rings. The van der Waals surface area contributed by atoms with Crippen molar-refractivity contribution in [3.8, 4) is 11.1 Å². The van der Waals surface area contributed by atoms with Crippen LogP contribution in [0.2, 0.25) is 0 Å². The van der Waals surface area contributed by atoms with Crippen LogP contribution < -0.4 is 11.1 Å². The van der Waals surface area contributed by atoms with Crippen LogP contribution in [0.15, 0.2) is 71.8 Å². The minimum Gasteiger partial charge on any atom is -0.383 e. The lowest BCUT2D eigenvalue weighted by atomic mass is 10.1. The Morgan fingerprint density at radius 3 is 2.33 bits per heavy atom. The zero-order valence-corrected chi connectivity index (χ0v) is 15.5. The van der Waals surface area contributed by atoms with Crippen LogP contribution in [-0.4, -0.2) is 25.6 Å². The first-order chi connectivity index (χ1) is 12.8. The fourth-order valence-electron chi connectivity index (χ4n) is 2.58. The zero-order chi connectivity index (χ0) is 19.4. The van der Waals surface area contributed by atoms with Crippen molar-refractivity contribution in [3.63, 3.8) is 0 Å². The fraction of sp³-hybridized carbons (Fsp3) is 0.100. The number of nitrogens with zero attached hydrogens (tertiary/aromatic N) is 1. The standard InChI is InChI=1S/C20H19N3O3S/c1-27(25,26)18-9-7-14(8-10-18)16-11-17(19(21)22-12-16)13-23-20(24)15-5-3-2-4-6-15/h2-12H,13H2,1H3,(H2,21,22)(H,23,24). The lowest BCUT2D eigenvalue weighted by Gasteiger charge is -2.10. The Morgan fingerprint density at radius 1 is 1.04 bits per heavy atom. The highest BCUT2D eigenvalue weighted by atomic mass is 32.2. The molecule has 1 aromatic heterocycles. The number of nitrogen functional groups attached to an aromatic ring is 1. The molecule has 0 atom stereocenters. The minimum atomic E-state index is -3.24. The number of hydrogen-bond donors (Lipinski definition) is 2. The molecular formula is C20H19N3O3S. The third-order valence-electron chi connectivity index (χ3n) is 4.09. The molecule has 3 N–H and O–H groups in total. The van der Waals surface area contributed by atoms with E-state index in [0.717, 1.165) is 11.1 Å². The van der Waals surface area contributed by atoms with Crippen molar-refractivity contribution in [2.24, 2.45) is 0 Å². The van der Waals surface area contributed by atoms with E-state index < -0.39 is 9.84 Å². The number of pyridine rings is 1. The number of rotatable bonds is 5. The largest absolute Gasteiger partial charge is 0.383 e. The highest BCUT2D eigenvalue weighted by Crippen LogP contribution is 2.23. The number of benzene rings is 2. The van der Waals surface area contributed by atoms with Crippen molar-refractivity contribution < 1.29 is 13.2 Å². The van der Waals surface area contributed by atoms with Gasteiger partial charge in [-0.3, -0.25) is 4.79 Å². The number of aromatic nitrogens is 1. The first-order valence-electron chi connectivity index (χ1n) is 8.23. The molecule has 1 amide bonds. The van der Waals surface area contributed by atoms with Crippen molar-refractivity contribution in [1.82, 2.24) is 10.3 Å². The molecule has 1 heterocycles. The summed E-state index contributed by atoms with van der Waals surface area (Å²) >= 11 is 0. The van der Waals surface area contributed by atoms with Crippen molar-refractivity contribution in [2.45, 2.75) is 11.4 Å². The van der Waals surface area contributed by atoms with Gasteiger partial charge in [-0.15, -0.1) is 0 Å². The molecule has 7 heteroatoms. The zero-order valence-electron chi connectivity index (χ0n) is 14.7. The van der Waals surface area contributed by atoms with Crippen LogP contribution in [0, 0.1) is 0 Å². The second-order valence-electron chi connectivity index (χ2n) is 6.11. The van der Waals surface area contributed by atoms with Crippen LogP contribution in [0.5, 0.6) is 0 Å². The molecule has 0 spiro atoms. The van der Waals surface area contributed by atoms with Crippen LogP contribution in [0.3, 0.4) is 0 Å². The molecule has 0 saturated carbocycles. The molecule has 0 aliphatic carbocycles. The summed E-state index contributed by atoms with van der Waals surface area (Å²) in [6.45, 7) is 0.238. The number of hydrogen-bond acceptors (Lipinski definition) is 5. The molecular weight excluding hydrogens is 362 g/mol. The highest BCUT2D eigenvalue weighted by Gasteiger charge is 2.10. The number of carbonyl (C=O) groups excluding carboxylic acids is 1. The summed E-state index contributed by atoms with van der Waals surface area (Å²) in [5.41, 5.74) is 8.78. The average molecular weight is 381 g/mol. The maximum Gasteiger partial charge on any atom is 0.251 e. The van der Waals surface area contributed by atoms with E-state index in [1.165, 1.54) is 6.26 Å². The lowest BCUT2D eigenvalue weighted by Crippen LogP contribution is -2.23. The smallest absolute Gasteiger partial charge is 0.251 e. The molecule has 27 heavy (non-hydrogen) atoms. The van der Waals surface area contributed by atoms with E-state index in [9.17, 15) is 13.2 Å². The van der Waals surface area contributed by atoms with E-state index >= 15 is 0 Å². The summed E-state index contributed by atoms with van der Waals surface area (Å²) < 4.78 is 23.2. The van der Waals surface area contributed by atoms with Gasteiger partial charge in [0.2, 0.25) is 0 Å². The molecule has 0 aliphatic rings. The molecule has 0 unspecified atom stereocenters. The van der Waals surface area contributed by atoms with Gasteiger partial charge in [0.15, 0.2) is 9.84 Å². The molecule has 138 valence electrons. The van der Waals surface area contributed by atoms with Crippen LogP contribution in [0.4, 0.5) is 5.82 Å². The predicted molar refractivity (Wildman–Crippen MR) is 105 cm³/mol. The Kier molecular flexibility index (Phi) is 5.23. The molecule has 0 bridgehead atoms. The van der Waals surface area contributed by atoms with Crippen LogP contribution in [0.25, 0.3) is 11.1 Å². The first-order valence-corrected chi connectivity index (χ1v) is 10.1. The van der Waals surface area contributed by atoms with E-state index in [4.69, 9.17) is 5.73 Å². The second kappa shape index (κ2) is 7.59. The third-order valence-corrected chi connectivity index (χ3v) is 5.22. The molecule has 3 rings (SSSR count). The maximum absolute atomic E-state index is 12.2. The summed E-state index contributed by atoms with van der Waals surface area (Å²) in [6, 6.07) is 17.3. The number of amides is 1. The molecule has 0 saturated heterocycles. The second-order valence-corrected chi connectivity index (χ2v) is 8.13. The highest BCUT2D eigenvalue weighted by molar-refractivity contribution is 7.90. The SMILES string of the molecule is CS(=O)(=O)c1ccc(-c2cnc(N)c(CNC(=O)c3ccccc3)c2)cc1. The Labute approximate surface area is 158 Å². The lowest BCUT2D eigenvalue weighted by molar-refractivity contribution is 0.0951. The van der Waals surface area contributed by atoms with Gasteiger partial charge in [-0.2, -0.15) is 0 Å². The summed E-state index contributed by atoms with van der Waals surface area (Å²) in [7, 11) is -3.24. The number of nitrogens with one attached hydrogen (secondary N) is 1. The minimum absolute atomic E-state index is 0.196. The van der Waals surface area contributed by atoms with Gasteiger partial charge in [0.1, 0.15) is 5.82 Å². The molecule has 3 aromatic rings. The molecule has 0 aliphatic heterocycles. The quantitative estimate of drug-likeness (QED) is 0.707. The average Bonchev–Trinajstić information content (AvgIpc) is 2.67. The van der Waals surface area contributed by atoms with Crippen molar-refractivity contribution in [1.29, 1.82) is 0 Å². The summed E-state index contributed by atoms with van der Waals surface area (Å²) in [5, 5.41) is 2.83. The van der Waals surface area contributed by atoms with Gasteiger partial charge in [0.05, 0.1) is 4.90 Å². The number of sulfone groups is 1. The number of carbonyl (C=O) groups is 1. The van der Waals surface area contributed by atoms with Crippen LogP contribution >= 0.6 is 0 Å². The maximum atomic E-state index is 12.2. The first kappa shape index (κ1) is 18.6. The normalized spacial score (nSPS) is 11.1. The van der Waals surface area contributed by atoms with Gasteiger partial charge < -0.3 is 11.1 Å². The predicted octanol–water partition coefficient (Wildman–Crippen LogP) is 2.66. The van der Waals surface area contributed by atoms with Gasteiger partial charge in [0, 0.05) is 35.7 Å². The number of nitrogens with two attached hydrogens (primary N) is 1. The van der Waals surface area contributed by atoms with Gasteiger partial charge in [-0.05, 0) is 35.9 Å². The van der Waals surface area contributed by atoms with E-state index in [1.807, 2.05) is 12.1 Å². The van der Waals surface area contributed by atoms with Crippen molar-refractivity contribution >= 4 is 21.6 Å². The third kappa shape index (κ3) is 4.51.